The molecule has 0 aliphatic rings. The minimum absolute atomic E-state index is 0.0392. The normalized spacial score (nSPS) is 11.1. The summed E-state index contributed by atoms with van der Waals surface area (Å²) in [4.78, 5) is 11.8. The summed E-state index contributed by atoms with van der Waals surface area (Å²) >= 11 is 0. The molecular weight excluding hydrogens is 255 g/mol. The lowest BCUT2D eigenvalue weighted by Crippen LogP contribution is -2.13. The van der Waals surface area contributed by atoms with E-state index in [0.717, 1.165) is 12.1 Å². The Morgan fingerprint density at radius 1 is 1.11 bits per heavy atom. The molecule has 0 bridgehead atoms. The third-order valence-electron chi connectivity index (χ3n) is 2.43. The van der Waals surface area contributed by atoms with Crippen LogP contribution < -0.4 is 5.32 Å². The van der Waals surface area contributed by atoms with E-state index in [-0.39, 0.29) is 5.56 Å². The molecule has 1 N–H and O–H groups in total. The molecule has 2 nitrogen and oxygen atoms in total. The van der Waals surface area contributed by atoms with Gasteiger partial charge in [-0.15, -0.1) is 0 Å². The number of carbonyl (C=O) groups excluding carboxylic acids is 1. The van der Waals surface area contributed by atoms with Crippen LogP contribution in [0, 0.1) is 6.07 Å². The number of hydrogen-bond acceptors (Lipinski definition) is 1. The van der Waals surface area contributed by atoms with Gasteiger partial charge in [-0.05, 0) is 36.4 Å². The van der Waals surface area contributed by atoms with E-state index in [9.17, 15) is 18.0 Å². The van der Waals surface area contributed by atoms with Crippen molar-refractivity contribution in [2.75, 3.05) is 5.32 Å². The highest BCUT2D eigenvalue weighted by Crippen LogP contribution is 2.29. The molecule has 0 aromatic heterocycles. The fourth-order valence-electron chi connectivity index (χ4n) is 1.51. The van der Waals surface area contributed by atoms with Gasteiger partial charge < -0.3 is 5.32 Å². The van der Waals surface area contributed by atoms with E-state index in [4.69, 9.17) is 0 Å². The minimum Gasteiger partial charge on any atom is -0.322 e. The number of carbonyl (C=O) groups is 1. The fraction of sp³-hybridized carbons (Fsp3) is 0.0714. The number of benzene rings is 2. The second-order valence-electron chi connectivity index (χ2n) is 3.82. The Kier molecular flexibility index (Phi) is 3.55. The summed E-state index contributed by atoms with van der Waals surface area (Å²) in [5, 5.41) is 2.51. The summed E-state index contributed by atoms with van der Waals surface area (Å²) in [5.74, 6) is -0.586. The Morgan fingerprint density at radius 2 is 1.79 bits per heavy atom. The molecule has 0 saturated carbocycles. The van der Waals surface area contributed by atoms with Crippen molar-refractivity contribution in [1.82, 2.24) is 0 Å². The predicted octanol–water partition coefficient (Wildman–Crippen LogP) is 3.76. The summed E-state index contributed by atoms with van der Waals surface area (Å²) in [6.07, 6.45) is -4.46. The second kappa shape index (κ2) is 5.14. The van der Waals surface area contributed by atoms with Gasteiger partial charge in [0.1, 0.15) is 0 Å². The molecule has 2 aromatic carbocycles. The number of alkyl halides is 3. The lowest BCUT2D eigenvalue weighted by Gasteiger charge is -2.09. The van der Waals surface area contributed by atoms with E-state index in [1.54, 1.807) is 24.3 Å². The van der Waals surface area contributed by atoms with Gasteiger partial charge in [0.25, 0.3) is 5.91 Å². The molecule has 5 heteroatoms. The molecule has 1 radical (unpaired) electrons. The van der Waals surface area contributed by atoms with E-state index in [0.29, 0.717) is 5.69 Å². The third-order valence-corrected chi connectivity index (χ3v) is 2.43. The van der Waals surface area contributed by atoms with Crippen molar-refractivity contribution >= 4 is 11.6 Å². The van der Waals surface area contributed by atoms with Gasteiger partial charge in [-0.2, -0.15) is 13.2 Å². The second-order valence-corrected chi connectivity index (χ2v) is 3.82. The van der Waals surface area contributed by atoms with Crippen LogP contribution in [0.15, 0.2) is 48.5 Å². The van der Waals surface area contributed by atoms with Crippen LogP contribution in [0.25, 0.3) is 0 Å². The van der Waals surface area contributed by atoms with Crippen LogP contribution in [-0.4, -0.2) is 5.91 Å². The van der Waals surface area contributed by atoms with Crippen LogP contribution in [0.2, 0.25) is 0 Å². The van der Waals surface area contributed by atoms with Gasteiger partial charge in [-0.3, -0.25) is 4.79 Å². The number of halogens is 3. The zero-order valence-electron chi connectivity index (χ0n) is 9.66. The maximum Gasteiger partial charge on any atom is 0.416 e. The maximum atomic E-state index is 12.5. The van der Waals surface area contributed by atoms with Gasteiger partial charge >= 0.3 is 6.18 Å². The number of hydrogen-bond donors (Lipinski definition) is 1. The smallest absolute Gasteiger partial charge is 0.322 e. The van der Waals surface area contributed by atoms with E-state index in [2.05, 4.69) is 11.4 Å². The molecule has 0 aliphatic heterocycles. The Labute approximate surface area is 107 Å². The average molecular weight is 264 g/mol. The Bertz CT molecular complexity index is 579. The molecule has 0 aliphatic carbocycles. The molecule has 2 aromatic rings. The van der Waals surface area contributed by atoms with Crippen LogP contribution in [-0.2, 0) is 6.18 Å². The van der Waals surface area contributed by atoms with Gasteiger partial charge in [-0.1, -0.05) is 18.2 Å². The third kappa shape index (κ3) is 3.34. The van der Waals surface area contributed by atoms with Gasteiger partial charge in [0, 0.05) is 11.3 Å². The van der Waals surface area contributed by atoms with Crippen molar-refractivity contribution in [1.29, 1.82) is 0 Å². The van der Waals surface area contributed by atoms with Crippen molar-refractivity contribution in [3.63, 3.8) is 0 Å². The lowest BCUT2D eigenvalue weighted by atomic mass is 10.1. The SMILES string of the molecule is O=C(Nc1cc[c]cc1)c1cccc(C(F)(F)F)c1. The quantitative estimate of drug-likeness (QED) is 0.879. The van der Waals surface area contributed by atoms with Crippen LogP contribution in [0.1, 0.15) is 15.9 Å². The first-order valence-electron chi connectivity index (χ1n) is 5.41. The van der Waals surface area contributed by atoms with Gasteiger partial charge in [0.2, 0.25) is 0 Å². The molecule has 2 rings (SSSR count). The monoisotopic (exact) mass is 264 g/mol. The summed E-state index contributed by atoms with van der Waals surface area (Å²) < 4.78 is 37.6. The number of nitrogens with one attached hydrogen (secondary N) is 1. The number of amides is 1. The van der Waals surface area contributed by atoms with Gasteiger partial charge in [0.05, 0.1) is 5.56 Å². The average Bonchev–Trinajstić information content (AvgIpc) is 2.39. The molecule has 0 saturated heterocycles. The molecule has 0 heterocycles. The lowest BCUT2D eigenvalue weighted by molar-refractivity contribution is -0.137. The van der Waals surface area contributed by atoms with Gasteiger partial charge in [-0.25, -0.2) is 0 Å². The topological polar surface area (TPSA) is 29.1 Å². The van der Waals surface area contributed by atoms with E-state index >= 15 is 0 Å². The summed E-state index contributed by atoms with van der Waals surface area (Å²) in [6.45, 7) is 0. The summed E-state index contributed by atoms with van der Waals surface area (Å²) in [6, 6.07) is 13.5. The molecule has 0 unspecified atom stereocenters. The molecule has 19 heavy (non-hydrogen) atoms. The zero-order chi connectivity index (χ0) is 13.9. The standard InChI is InChI=1S/C14H9F3NO/c15-14(16,17)11-6-4-5-10(9-11)13(19)18-12-7-2-1-3-8-12/h2-9H,(H,18,19). The first-order chi connectivity index (χ1) is 8.97. The molecule has 0 fully saturated rings. The van der Waals surface area contributed by atoms with E-state index < -0.39 is 17.6 Å². The molecule has 0 atom stereocenters. The highest BCUT2D eigenvalue weighted by molar-refractivity contribution is 6.04. The van der Waals surface area contributed by atoms with Crippen LogP contribution in [0.5, 0.6) is 0 Å². The summed E-state index contributed by atoms with van der Waals surface area (Å²) in [5.41, 5.74) is -0.384. The maximum absolute atomic E-state index is 12.5. The van der Waals surface area contributed by atoms with Crippen molar-refractivity contribution in [3.8, 4) is 0 Å². The molecule has 1 amide bonds. The van der Waals surface area contributed by atoms with Crippen LogP contribution in [0.3, 0.4) is 0 Å². The largest absolute Gasteiger partial charge is 0.416 e. The first-order valence-corrected chi connectivity index (χ1v) is 5.41. The van der Waals surface area contributed by atoms with Crippen molar-refractivity contribution in [3.05, 3.63) is 65.7 Å². The van der Waals surface area contributed by atoms with E-state index in [1.165, 1.54) is 12.1 Å². The Balaban J connectivity index is 2.20. The Hall–Kier alpha value is -2.30. The number of rotatable bonds is 2. The van der Waals surface area contributed by atoms with Crippen LogP contribution >= 0.6 is 0 Å². The van der Waals surface area contributed by atoms with Crippen molar-refractivity contribution in [2.45, 2.75) is 6.18 Å². The first kappa shape index (κ1) is 13.1. The minimum atomic E-state index is -4.46. The highest BCUT2D eigenvalue weighted by atomic mass is 19.4. The van der Waals surface area contributed by atoms with Crippen molar-refractivity contribution in [2.24, 2.45) is 0 Å². The number of anilines is 1. The highest BCUT2D eigenvalue weighted by Gasteiger charge is 2.30. The Morgan fingerprint density at radius 3 is 2.42 bits per heavy atom. The molecular formula is C14H9F3NO. The predicted molar refractivity (Wildman–Crippen MR) is 64.7 cm³/mol. The summed E-state index contributed by atoms with van der Waals surface area (Å²) in [7, 11) is 0. The zero-order valence-corrected chi connectivity index (χ0v) is 9.66. The van der Waals surface area contributed by atoms with E-state index in [1.807, 2.05) is 0 Å². The van der Waals surface area contributed by atoms with Gasteiger partial charge in [0.15, 0.2) is 0 Å². The van der Waals surface area contributed by atoms with Crippen molar-refractivity contribution < 1.29 is 18.0 Å². The molecule has 0 spiro atoms. The molecule has 97 valence electrons. The fourth-order valence-corrected chi connectivity index (χ4v) is 1.51. The van der Waals surface area contributed by atoms with Crippen LogP contribution in [0.4, 0.5) is 18.9 Å².